The van der Waals surface area contributed by atoms with Gasteiger partial charge in [-0.1, -0.05) is 40.2 Å². The van der Waals surface area contributed by atoms with Crippen molar-refractivity contribution in [2.45, 2.75) is 17.8 Å². The first-order valence-corrected chi connectivity index (χ1v) is 10.1. The molecule has 1 heterocycles. The van der Waals surface area contributed by atoms with Gasteiger partial charge in [0.25, 0.3) is 0 Å². The van der Waals surface area contributed by atoms with E-state index in [9.17, 15) is 22.7 Å². The highest BCUT2D eigenvalue weighted by atomic mass is 79.9. The van der Waals surface area contributed by atoms with Crippen LogP contribution in [0.15, 0.2) is 76.2 Å². The van der Waals surface area contributed by atoms with E-state index in [4.69, 9.17) is 4.74 Å². The zero-order valence-electron chi connectivity index (χ0n) is 15.9. The molecule has 2 atom stereocenters. The molecule has 2 unspecified atom stereocenters. The standard InChI is InChI=1S/C23H16BrF4NO2/c24-17-4-8-19(9-5-17)31-13-22(30,23(26,27)28)16-3-10-20-15(11-16)12-29-21(20)14-1-6-18(25)7-2-14/h1-12,21,30H,13H2. The van der Waals surface area contributed by atoms with Crippen LogP contribution in [0, 0.1) is 5.82 Å². The average molecular weight is 494 g/mol. The van der Waals surface area contributed by atoms with Gasteiger partial charge in [-0.3, -0.25) is 4.99 Å². The van der Waals surface area contributed by atoms with Crippen molar-refractivity contribution in [1.82, 2.24) is 0 Å². The van der Waals surface area contributed by atoms with Crippen molar-refractivity contribution < 1.29 is 27.4 Å². The molecule has 0 amide bonds. The van der Waals surface area contributed by atoms with E-state index in [-0.39, 0.29) is 17.1 Å². The normalized spacial score (nSPS) is 17.3. The Bertz CT molecular complexity index is 1110. The van der Waals surface area contributed by atoms with Gasteiger partial charge in [-0.2, -0.15) is 13.2 Å². The summed E-state index contributed by atoms with van der Waals surface area (Å²) in [6.07, 6.45) is -3.51. The van der Waals surface area contributed by atoms with Crippen molar-refractivity contribution in [2.24, 2.45) is 4.99 Å². The van der Waals surface area contributed by atoms with E-state index in [0.29, 0.717) is 16.7 Å². The molecule has 3 nitrogen and oxygen atoms in total. The second-order valence-electron chi connectivity index (χ2n) is 7.18. The Balaban J connectivity index is 1.63. The molecule has 1 aliphatic heterocycles. The van der Waals surface area contributed by atoms with E-state index in [1.807, 2.05) is 0 Å². The molecular weight excluding hydrogens is 478 g/mol. The smallest absolute Gasteiger partial charge is 0.424 e. The molecule has 31 heavy (non-hydrogen) atoms. The molecule has 8 heteroatoms. The van der Waals surface area contributed by atoms with Gasteiger partial charge >= 0.3 is 6.18 Å². The maximum atomic E-state index is 13.9. The predicted molar refractivity (Wildman–Crippen MR) is 112 cm³/mol. The number of nitrogens with zero attached hydrogens (tertiary/aromatic N) is 1. The summed E-state index contributed by atoms with van der Waals surface area (Å²) >= 11 is 3.24. The fourth-order valence-corrected chi connectivity index (χ4v) is 3.65. The second-order valence-corrected chi connectivity index (χ2v) is 8.09. The zero-order valence-corrected chi connectivity index (χ0v) is 17.5. The number of hydrogen-bond donors (Lipinski definition) is 1. The van der Waals surface area contributed by atoms with E-state index in [0.717, 1.165) is 4.47 Å². The Kier molecular flexibility index (Phi) is 5.61. The van der Waals surface area contributed by atoms with Gasteiger partial charge in [-0.15, -0.1) is 0 Å². The third kappa shape index (κ3) is 4.22. The minimum absolute atomic E-state index is 0.199. The van der Waals surface area contributed by atoms with Crippen LogP contribution in [0.1, 0.15) is 28.3 Å². The molecule has 0 spiro atoms. The van der Waals surface area contributed by atoms with Crippen molar-refractivity contribution in [3.63, 3.8) is 0 Å². The summed E-state index contributed by atoms with van der Waals surface area (Å²) in [4.78, 5) is 4.34. The Morgan fingerprint density at radius 1 is 0.968 bits per heavy atom. The van der Waals surface area contributed by atoms with Gasteiger partial charge < -0.3 is 9.84 Å². The fraction of sp³-hybridized carbons (Fsp3) is 0.174. The number of halogens is 5. The molecule has 1 N–H and O–H groups in total. The molecular formula is C23H16BrF4NO2. The number of aliphatic imine (C=N–C) groups is 1. The minimum Gasteiger partial charge on any atom is -0.490 e. The molecule has 0 saturated heterocycles. The maximum Gasteiger partial charge on any atom is 0.424 e. The second kappa shape index (κ2) is 8.09. The van der Waals surface area contributed by atoms with Crippen LogP contribution in [0.2, 0.25) is 0 Å². The third-order valence-corrected chi connectivity index (χ3v) is 5.67. The first-order valence-electron chi connectivity index (χ1n) is 9.28. The van der Waals surface area contributed by atoms with Crippen molar-refractivity contribution >= 4 is 22.1 Å². The molecule has 0 aliphatic carbocycles. The third-order valence-electron chi connectivity index (χ3n) is 5.14. The number of aliphatic hydroxyl groups is 1. The van der Waals surface area contributed by atoms with Gasteiger partial charge in [0.2, 0.25) is 5.60 Å². The molecule has 0 bridgehead atoms. The van der Waals surface area contributed by atoms with E-state index in [2.05, 4.69) is 20.9 Å². The highest BCUT2D eigenvalue weighted by Crippen LogP contribution is 2.42. The van der Waals surface area contributed by atoms with Crippen molar-refractivity contribution in [1.29, 1.82) is 0 Å². The highest BCUT2D eigenvalue weighted by Gasteiger charge is 2.56. The van der Waals surface area contributed by atoms with Gasteiger partial charge in [0, 0.05) is 10.7 Å². The summed E-state index contributed by atoms with van der Waals surface area (Å²) in [5.41, 5.74) is -1.71. The van der Waals surface area contributed by atoms with Crippen molar-refractivity contribution in [2.75, 3.05) is 6.61 Å². The average Bonchev–Trinajstić information content (AvgIpc) is 3.16. The lowest BCUT2D eigenvalue weighted by Crippen LogP contribution is -2.47. The van der Waals surface area contributed by atoms with Crippen LogP contribution in [0.3, 0.4) is 0 Å². The van der Waals surface area contributed by atoms with Gasteiger partial charge in [-0.25, -0.2) is 4.39 Å². The first-order chi connectivity index (χ1) is 14.7. The van der Waals surface area contributed by atoms with Crippen LogP contribution in [0.4, 0.5) is 17.6 Å². The Hall–Kier alpha value is -2.71. The molecule has 1 aliphatic rings. The molecule has 0 saturated carbocycles. The number of hydrogen-bond acceptors (Lipinski definition) is 3. The van der Waals surface area contributed by atoms with Crippen LogP contribution in [-0.4, -0.2) is 24.1 Å². The lowest BCUT2D eigenvalue weighted by Gasteiger charge is -2.31. The predicted octanol–water partition coefficient (Wildman–Crippen LogP) is 5.94. The van der Waals surface area contributed by atoms with Gasteiger partial charge in [0.15, 0.2) is 0 Å². The molecule has 3 aromatic carbocycles. The molecule has 4 rings (SSSR count). The van der Waals surface area contributed by atoms with Gasteiger partial charge in [-0.05, 0) is 64.7 Å². The van der Waals surface area contributed by atoms with Gasteiger partial charge in [0.05, 0.1) is 0 Å². The molecule has 0 fully saturated rings. The number of ether oxygens (including phenoxy) is 1. The Morgan fingerprint density at radius 3 is 2.29 bits per heavy atom. The largest absolute Gasteiger partial charge is 0.490 e. The van der Waals surface area contributed by atoms with E-state index in [1.54, 1.807) is 24.3 Å². The monoisotopic (exact) mass is 493 g/mol. The minimum atomic E-state index is -4.97. The lowest BCUT2D eigenvalue weighted by molar-refractivity contribution is -0.275. The van der Waals surface area contributed by atoms with Crippen molar-refractivity contribution in [3.05, 3.63) is 99.3 Å². The SMILES string of the molecule is OC(COc1ccc(Br)cc1)(c1ccc2c(c1)C=NC2c1ccc(F)cc1)C(F)(F)F. The summed E-state index contributed by atoms with van der Waals surface area (Å²) in [5.74, 6) is -0.188. The summed E-state index contributed by atoms with van der Waals surface area (Å²) in [7, 11) is 0. The van der Waals surface area contributed by atoms with Crippen molar-refractivity contribution in [3.8, 4) is 5.75 Å². The summed E-state index contributed by atoms with van der Waals surface area (Å²) in [5, 5.41) is 10.6. The molecule has 0 radical (unpaired) electrons. The Morgan fingerprint density at radius 2 is 1.65 bits per heavy atom. The lowest BCUT2D eigenvalue weighted by atomic mass is 9.89. The summed E-state index contributed by atoms with van der Waals surface area (Å²) in [6.45, 7) is -1.00. The van der Waals surface area contributed by atoms with Crippen LogP contribution in [0.25, 0.3) is 0 Å². The molecule has 160 valence electrons. The molecule has 0 aromatic heterocycles. The van der Waals surface area contributed by atoms with Crippen LogP contribution in [0.5, 0.6) is 5.75 Å². The topological polar surface area (TPSA) is 41.8 Å². The van der Waals surface area contributed by atoms with Crippen LogP contribution < -0.4 is 4.74 Å². The van der Waals surface area contributed by atoms with Crippen LogP contribution >= 0.6 is 15.9 Å². The quantitative estimate of drug-likeness (QED) is 0.447. The maximum absolute atomic E-state index is 13.9. The fourth-order valence-electron chi connectivity index (χ4n) is 3.39. The number of benzene rings is 3. The van der Waals surface area contributed by atoms with E-state index in [1.165, 1.54) is 48.7 Å². The number of rotatable bonds is 5. The zero-order chi connectivity index (χ0) is 22.2. The summed E-state index contributed by atoms with van der Waals surface area (Å²) < 4.78 is 60.9. The van der Waals surface area contributed by atoms with E-state index < -0.39 is 24.4 Å². The highest BCUT2D eigenvalue weighted by molar-refractivity contribution is 9.10. The Labute approximate surface area is 184 Å². The summed E-state index contributed by atoms with van der Waals surface area (Å²) in [6, 6.07) is 15.6. The van der Waals surface area contributed by atoms with Gasteiger partial charge in [0.1, 0.15) is 24.2 Å². The van der Waals surface area contributed by atoms with E-state index >= 15 is 0 Å². The number of alkyl halides is 3. The molecule has 3 aromatic rings. The first kappa shape index (κ1) is 21.5. The number of fused-ring (bicyclic) bond motifs is 1. The van der Waals surface area contributed by atoms with Crippen LogP contribution in [-0.2, 0) is 5.60 Å².